The van der Waals surface area contributed by atoms with Crippen LogP contribution in [0.25, 0.3) is 0 Å². The monoisotopic (exact) mass is 393 g/mol. The van der Waals surface area contributed by atoms with Crippen LogP contribution in [-0.2, 0) is 16.1 Å². The standard InChI is InChI=1S/C25H31NO3/c1-25(2,3)29-24(27)14-13-21-17-26(16-19-9-6-5-7-10-19)18-23(21)20-11-8-12-22(15-20)28-4/h5-15,21,23H,16-18H2,1-4H3/t21-,23+/m0/s1. The number of hydrogen-bond donors (Lipinski definition) is 0. The Hall–Kier alpha value is -2.59. The van der Waals surface area contributed by atoms with Crippen LogP contribution in [0.5, 0.6) is 5.75 Å². The molecule has 2 aromatic rings. The molecule has 1 aliphatic rings. The zero-order valence-corrected chi connectivity index (χ0v) is 17.8. The first-order chi connectivity index (χ1) is 13.8. The maximum absolute atomic E-state index is 12.2. The van der Waals surface area contributed by atoms with Gasteiger partial charge in [-0.3, -0.25) is 4.90 Å². The van der Waals surface area contributed by atoms with E-state index in [1.54, 1.807) is 13.2 Å². The highest BCUT2D eigenvalue weighted by Crippen LogP contribution is 2.35. The zero-order valence-electron chi connectivity index (χ0n) is 17.8. The Bertz CT molecular complexity index is 839. The van der Waals surface area contributed by atoms with Gasteiger partial charge in [-0.05, 0) is 49.9 Å². The zero-order chi connectivity index (χ0) is 20.9. The molecule has 3 rings (SSSR count). The van der Waals surface area contributed by atoms with Gasteiger partial charge in [0.15, 0.2) is 0 Å². The van der Waals surface area contributed by atoms with Crippen molar-refractivity contribution in [2.24, 2.45) is 5.92 Å². The maximum atomic E-state index is 12.2. The lowest BCUT2D eigenvalue weighted by Crippen LogP contribution is -2.23. The number of ether oxygens (including phenoxy) is 2. The van der Waals surface area contributed by atoms with E-state index in [-0.39, 0.29) is 11.9 Å². The number of esters is 1. The maximum Gasteiger partial charge on any atom is 0.330 e. The normalized spacial score (nSPS) is 20.1. The second-order valence-electron chi connectivity index (χ2n) is 8.62. The fraction of sp³-hybridized carbons (Fsp3) is 0.400. The first-order valence-corrected chi connectivity index (χ1v) is 10.2. The first kappa shape index (κ1) is 21.1. The average Bonchev–Trinajstić information content (AvgIpc) is 3.08. The van der Waals surface area contributed by atoms with Crippen molar-refractivity contribution in [1.82, 2.24) is 4.90 Å². The third kappa shape index (κ3) is 6.20. The molecule has 154 valence electrons. The van der Waals surface area contributed by atoms with Crippen LogP contribution in [0.2, 0.25) is 0 Å². The minimum atomic E-state index is -0.483. The summed E-state index contributed by atoms with van der Waals surface area (Å²) in [5.74, 6) is 1.10. The molecule has 1 aliphatic heterocycles. The SMILES string of the molecule is COc1cccc([C@H]2CN(Cc3ccccc3)C[C@@H]2C=CC(=O)OC(C)(C)C)c1. The average molecular weight is 394 g/mol. The number of benzene rings is 2. The van der Waals surface area contributed by atoms with Gasteiger partial charge in [0, 0.05) is 31.6 Å². The summed E-state index contributed by atoms with van der Waals surface area (Å²) in [7, 11) is 1.69. The van der Waals surface area contributed by atoms with E-state index < -0.39 is 5.60 Å². The van der Waals surface area contributed by atoms with Crippen LogP contribution >= 0.6 is 0 Å². The van der Waals surface area contributed by atoms with Gasteiger partial charge in [0.25, 0.3) is 0 Å². The van der Waals surface area contributed by atoms with Gasteiger partial charge in [-0.2, -0.15) is 0 Å². The highest BCUT2D eigenvalue weighted by molar-refractivity contribution is 5.82. The number of carbonyl (C=O) groups is 1. The third-order valence-electron chi connectivity index (χ3n) is 5.10. The quantitative estimate of drug-likeness (QED) is 0.522. The van der Waals surface area contributed by atoms with E-state index in [1.165, 1.54) is 11.1 Å². The van der Waals surface area contributed by atoms with Gasteiger partial charge < -0.3 is 9.47 Å². The molecule has 1 saturated heterocycles. The van der Waals surface area contributed by atoms with Gasteiger partial charge in [-0.25, -0.2) is 4.79 Å². The number of likely N-dealkylation sites (tertiary alicyclic amines) is 1. The summed E-state index contributed by atoms with van der Waals surface area (Å²) in [6.45, 7) is 8.39. The molecule has 1 fully saturated rings. The molecule has 4 nitrogen and oxygen atoms in total. The Balaban J connectivity index is 1.78. The minimum Gasteiger partial charge on any atom is -0.497 e. The van der Waals surface area contributed by atoms with Crippen LogP contribution in [0.4, 0.5) is 0 Å². The molecule has 2 atom stereocenters. The summed E-state index contributed by atoms with van der Waals surface area (Å²) < 4.78 is 10.9. The predicted molar refractivity (Wildman–Crippen MR) is 116 cm³/mol. The lowest BCUT2D eigenvalue weighted by atomic mass is 9.88. The van der Waals surface area contributed by atoms with Gasteiger partial charge in [0.1, 0.15) is 11.4 Å². The van der Waals surface area contributed by atoms with E-state index in [1.807, 2.05) is 45.0 Å². The lowest BCUT2D eigenvalue weighted by molar-refractivity contribution is -0.148. The van der Waals surface area contributed by atoms with E-state index in [0.29, 0.717) is 5.92 Å². The molecule has 1 heterocycles. The molecule has 0 aliphatic carbocycles. The predicted octanol–water partition coefficient (Wildman–Crippen LogP) is 4.81. The Kier molecular flexibility index (Phi) is 6.75. The van der Waals surface area contributed by atoms with Crippen molar-refractivity contribution in [3.05, 3.63) is 77.9 Å². The van der Waals surface area contributed by atoms with Crippen molar-refractivity contribution in [3.8, 4) is 5.75 Å². The van der Waals surface area contributed by atoms with Crippen LogP contribution in [0.3, 0.4) is 0 Å². The van der Waals surface area contributed by atoms with E-state index in [2.05, 4.69) is 41.3 Å². The first-order valence-electron chi connectivity index (χ1n) is 10.2. The fourth-order valence-electron chi connectivity index (χ4n) is 3.84. The highest BCUT2D eigenvalue weighted by Gasteiger charge is 2.32. The van der Waals surface area contributed by atoms with Crippen molar-refractivity contribution >= 4 is 5.97 Å². The van der Waals surface area contributed by atoms with Crippen LogP contribution in [0.1, 0.15) is 37.8 Å². The molecule has 4 heteroatoms. The number of hydrogen-bond acceptors (Lipinski definition) is 4. The van der Waals surface area contributed by atoms with Crippen molar-refractivity contribution in [2.75, 3.05) is 20.2 Å². The third-order valence-corrected chi connectivity index (χ3v) is 5.10. The lowest BCUT2D eigenvalue weighted by Gasteiger charge is -2.19. The number of rotatable bonds is 6. The molecular formula is C25H31NO3. The number of carbonyl (C=O) groups excluding carboxylic acids is 1. The van der Waals surface area contributed by atoms with Gasteiger partial charge >= 0.3 is 5.97 Å². The van der Waals surface area contributed by atoms with Crippen LogP contribution in [0.15, 0.2) is 66.7 Å². The molecule has 2 aromatic carbocycles. The highest BCUT2D eigenvalue weighted by atomic mass is 16.6. The molecule has 0 radical (unpaired) electrons. The van der Waals surface area contributed by atoms with Crippen molar-refractivity contribution in [1.29, 1.82) is 0 Å². The van der Waals surface area contributed by atoms with Gasteiger partial charge in [0.2, 0.25) is 0 Å². The molecule has 0 amide bonds. The van der Waals surface area contributed by atoms with Crippen LogP contribution < -0.4 is 4.74 Å². The molecule has 29 heavy (non-hydrogen) atoms. The fourth-order valence-corrected chi connectivity index (χ4v) is 3.84. The smallest absolute Gasteiger partial charge is 0.330 e. The number of methoxy groups -OCH3 is 1. The van der Waals surface area contributed by atoms with E-state index in [9.17, 15) is 4.79 Å². The molecule has 0 aromatic heterocycles. The second-order valence-corrected chi connectivity index (χ2v) is 8.62. The summed E-state index contributed by atoms with van der Waals surface area (Å²) in [6, 6.07) is 18.7. The van der Waals surface area contributed by atoms with Crippen molar-refractivity contribution in [3.63, 3.8) is 0 Å². The van der Waals surface area contributed by atoms with E-state index >= 15 is 0 Å². The molecule has 0 unspecified atom stereocenters. The largest absolute Gasteiger partial charge is 0.497 e. The van der Waals surface area contributed by atoms with Crippen LogP contribution in [-0.4, -0.2) is 36.7 Å². The van der Waals surface area contributed by atoms with Gasteiger partial charge in [-0.15, -0.1) is 0 Å². The van der Waals surface area contributed by atoms with E-state index in [0.717, 1.165) is 25.4 Å². The van der Waals surface area contributed by atoms with Gasteiger partial charge in [-0.1, -0.05) is 48.5 Å². The molecule has 0 bridgehead atoms. The molecular weight excluding hydrogens is 362 g/mol. The number of nitrogens with zero attached hydrogens (tertiary/aromatic N) is 1. The summed E-state index contributed by atoms with van der Waals surface area (Å²) in [5, 5.41) is 0. The molecule has 0 saturated carbocycles. The minimum absolute atomic E-state index is 0.235. The topological polar surface area (TPSA) is 38.8 Å². The van der Waals surface area contributed by atoms with Crippen molar-refractivity contribution < 1.29 is 14.3 Å². The Morgan fingerprint density at radius 1 is 1.10 bits per heavy atom. The summed E-state index contributed by atoms with van der Waals surface area (Å²) in [5.41, 5.74) is 2.05. The Morgan fingerprint density at radius 2 is 1.86 bits per heavy atom. The van der Waals surface area contributed by atoms with Crippen LogP contribution in [0, 0.1) is 5.92 Å². The summed E-state index contributed by atoms with van der Waals surface area (Å²) in [4.78, 5) is 14.6. The summed E-state index contributed by atoms with van der Waals surface area (Å²) in [6.07, 6.45) is 3.61. The molecule has 0 N–H and O–H groups in total. The molecule has 0 spiro atoms. The van der Waals surface area contributed by atoms with Gasteiger partial charge in [0.05, 0.1) is 7.11 Å². The van der Waals surface area contributed by atoms with E-state index in [4.69, 9.17) is 9.47 Å². The van der Waals surface area contributed by atoms with Crippen molar-refractivity contribution in [2.45, 2.75) is 38.8 Å². The Labute approximate surface area is 174 Å². The Morgan fingerprint density at radius 3 is 2.55 bits per heavy atom. The second kappa shape index (κ2) is 9.27. The summed E-state index contributed by atoms with van der Waals surface area (Å²) >= 11 is 0.